The summed E-state index contributed by atoms with van der Waals surface area (Å²) >= 11 is 0. The Hall–Kier alpha value is -1.10. The third-order valence-corrected chi connectivity index (χ3v) is 5.64. The second-order valence-electron chi connectivity index (χ2n) is 7.68. The molecule has 0 saturated carbocycles. The van der Waals surface area contributed by atoms with Crippen molar-refractivity contribution in [1.29, 1.82) is 0 Å². The lowest BCUT2D eigenvalue weighted by Crippen LogP contribution is -2.40. The maximum absolute atomic E-state index is 6.12. The normalized spacial score (nSPS) is 29.5. The second-order valence-corrected chi connectivity index (χ2v) is 7.68. The van der Waals surface area contributed by atoms with Crippen LogP contribution in [-0.4, -0.2) is 33.2 Å². The van der Waals surface area contributed by atoms with Gasteiger partial charge in [0.05, 0.1) is 33.0 Å². The SMILES string of the molecule is CCCCCCC1COC([C@H]2CC[C@H](c3ccc(OC)cc3)OC2)OC1. The van der Waals surface area contributed by atoms with E-state index in [1.54, 1.807) is 7.11 Å². The van der Waals surface area contributed by atoms with Crippen molar-refractivity contribution >= 4 is 0 Å². The molecule has 0 aliphatic carbocycles. The van der Waals surface area contributed by atoms with Gasteiger partial charge >= 0.3 is 0 Å². The lowest BCUT2D eigenvalue weighted by molar-refractivity contribution is -0.242. The molecule has 0 radical (unpaired) electrons. The molecule has 0 unspecified atom stereocenters. The van der Waals surface area contributed by atoms with E-state index in [1.807, 2.05) is 12.1 Å². The molecule has 4 nitrogen and oxygen atoms in total. The van der Waals surface area contributed by atoms with Crippen molar-refractivity contribution in [3.8, 4) is 5.75 Å². The first kappa shape index (κ1) is 19.7. The van der Waals surface area contributed by atoms with Crippen molar-refractivity contribution in [2.75, 3.05) is 26.9 Å². The fourth-order valence-corrected chi connectivity index (χ4v) is 3.92. The van der Waals surface area contributed by atoms with E-state index < -0.39 is 0 Å². The van der Waals surface area contributed by atoms with E-state index in [1.165, 1.54) is 37.7 Å². The van der Waals surface area contributed by atoms with Crippen LogP contribution in [0.1, 0.15) is 63.5 Å². The monoisotopic (exact) mass is 362 g/mol. The summed E-state index contributed by atoms with van der Waals surface area (Å²) < 4.78 is 23.4. The Labute approximate surface area is 158 Å². The van der Waals surface area contributed by atoms with E-state index in [0.29, 0.717) is 18.4 Å². The van der Waals surface area contributed by atoms with Gasteiger partial charge in [0.2, 0.25) is 0 Å². The maximum Gasteiger partial charge on any atom is 0.162 e. The Morgan fingerprint density at radius 2 is 1.69 bits per heavy atom. The van der Waals surface area contributed by atoms with Crippen LogP contribution in [0.4, 0.5) is 0 Å². The second kappa shape index (κ2) is 10.3. The molecule has 0 amide bonds. The van der Waals surface area contributed by atoms with Gasteiger partial charge in [0, 0.05) is 11.8 Å². The number of unbranched alkanes of at least 4 members (excludes halogenated alkanes) is 3. The van der Waals surface area contributed by atoms with E-state index in [4.69, 9.17) is 18.9 Å². The molecule has 26 heavy (non-hydrogen) atoms. The number of ether oxygens (including phenoxy) is 4. The number of hydrogen-bond donors (Lipinski definition) is 0. The molecule has 0 spiro atoms. The standard InChI is InChI=1S/C22H34O4/c1-3-4-5-6-7-17-14-25-22(26-15-17)19-10-13-21(24-16-19)18-8-11-20(23-2)12-9-18/h8-9,11-12,17,19,21-22H,3-7,10,13-16H2,1-2H3/t17?,19-,21+,22?/m0/s1. The molecule has 2 heterocycles. The van der Waals surface area contributed by atoms with Gasteiger partial charge in [-0.25, -0.2) is 0 Å². The maximum atomic E-state index is 6.12. The van der Waals surface area contributed by atoms with Crippen LogP contribution in [0.3, 0.4) is 0 Å². The average Bonchev–Trinajstić information content (AvgIpc) is 2.72. The molecule has 4 heteroatoms. The van der Waals surface area contributed by atoms with Crippen LogP contribution < -0.4 is 4.74 Å². The van der Waals surface area contributed by atoms with Crippen molar-refractivity contribution in [2.24, 2.45) is 11.8 Å². The molecular formula is C22H34O4. The van der Waals surface area contributed by atoms with Crippen molar-refractivity contribution in [2.45, 2.75) is 64.3 Å². The Morgan fingerprint density at radius 1 is 0.923 bits per heavy atom. The minimum absolute atomic E-state index is 0.0845. The molecule has 2 atom stereocenters. The van der Waals surface area contributed by atoms with Crippen molar-refractivity contribution < 1.29 is 18.9 Å². The summed E-state index contributed by atoms with van der Waals surface area (Å²) in [5, 5.41) is 0. The summed E-state index contributed by atoms with van der Waals surface area (Å²) in [7, 11) is 1.69. The Morgan fingerprint density at radius 3 is 2.31 bits per heavy atom. The first-order chi connectivity index (χ1) is 12.8. The molecule has 1 aromatic rings. The smallest absolute Gasteiger partial charge is 0.162 e. The van der Waals surface area contributed by atoms with Crippen molar-refractivity contribution in [3.63, 3.8) is 0 Å². The predicted octanol–water partition coefficient (Wildman–Crippen LogP) is 5.12. The zero-order chi connectivity index (χ0) is 18.2. The van der Waals surface area contributed by atoms with Gasteiger partial charge < -0.3 is 18.9 Å². The highest BCUT2D eigenvalue weighted by Gasteiger charge is 2.33. The Kier molecular flexibility index (Phi) is 7.78. The van der Waals surface area contributed by atoms with E-state index in [0.717, 1.165) is 31.8 Å². The molecule has 146 valence electrons. The summed E-state index contributed by atoms with van der Waals surface area (Å²) in [5.41, 5.74) is 1.22. The summed E-state index contributed by atoms with van der Waals surface area (Å²) in [5.74, 6) is 1.81. The summed E-state index contributed by atoms with van der Waals surface area (Å²) in [4.78, 5) is 0. The van der Waals surface area contributed by atoms with E-state index in [9.17, 15) is 0 Å². The summed E-state index contributed by atoms with van der Waals surface area (Å²) in [6.07, 6.45) is 8.68. The fraction of sp³-hybridized carbons (Fsp3) is 0.727. The first-order valence-corrected chi connectivity index (χ1v) is 10.3. The van der Waals surface area contributed by atoms with Crippen LogP contribution >= 0.6 is 0 Å². The van der Waals surface area contributed by atoms with Gasteiger partial charge in [0.25, 0.3) is 0 Å². The van der Waals surface area contributed by atoms with E-state index >= 15 is 0 Å². The van der Waals surface area contributed by atoms with E-state index in [2.05, 4.69) is 19.1 Å². The third-order valence-electron chi connectivity index (χ3n) is 5.64. The molecule has 2 fully saturated rings. The zero-order valence-corrected chi connectivity index (χ0v) is 16.3. The highest BCUT2D eigenvalue weighted by Crippen LogP contribution is 2.35. The average molecular weight is 363 g/mol. The third kappa shape index (κ3) is 5.45. The molecule has 0 bridgehead atoms. The molecule has 1 aromatic carbocycles. The largest absolute Gasteiger partial charge is 0.497 e. The Bertz CT molecular complexity index is 499. The van der Waals surface area contributed by atoms with Crippen molar-refractivity contribution in [3.05, 3.63) is 29.8 Å². The molecule has 0 N–H and O–H groups in total. The number of benzene rings is 1. The minimum Gasteiger partial charge on any atom is -0.497 e. The van der Waals surface area contributed by atoms with Crippen LogP contribution in [0.5, 0.6) is 5.75 Å². The van der Waals surface area contributed by atoms with Crippen LogP contribution in [0.15, 0.2) is 24.3 Å². The zero-order valence-electron chi connectivity index (χ0n) is 16.3. The number of methoxy groups -OCH3 is 1. The lowest BCUT2D eigenvalue weighted by atomic mass is 9.93. The molecule has 3 rings (SSSR count). The van der Waals surface area contributed by atoms with Crippen LogP contribution in [-0.2, 0) is 14.2 Å². The van der Waals surface area contributed by atoms with Crippen LogP contribution in [0, 0.1) is 11.8 Å². The summed E-state index contributed by atoms with van der Waals surface area (Å²) in [6, 6.07) is 8.19. The number of hydrogen-bond acceptors (Lipinski definition) is 4. The fourth-order valence-electron chi connectivity index (χ4n) is 3.92. The number of rotatable bonds is 8. The van der Waals surface area contributed by atoms with Gasteiger partial charge in [-0.05, 0) is 37.0 Å². The topological polar surface area (TPSA) is 36.9 Å². The molecule has 0 aromatic heterocycles. The molecule has 2 aliphatic rings. The van der Waals surface area contributed by atoms with Gasteiger partial charge in [-0.1, -0.05) is 44.7 Å². The highest BCUT2D eigenvalue weighted by atomic mass is 16.7. The van der Waals surface area contributed by atoms with Crippen LogP contribution in [0.25, 0.3) is 0 Å². The van der Waals surface area contributed by atoms with Gasteiger partial charge in [0.15, 0.2) is 6.29 Å². The molecule has 2 aliphatic heterocycles. The molecular weight excluding hydrogens is 328 g/mol. The van der Waals surface area contributed by atoms with Gasteiger partial charge in [0.1, 0.15) is 5.75 Å². The molecule has 2 saturated heterocycles. The predicted molar refractivity (Wildman–Crippen MR) is 102 cm³/mol. The van der Waals surface area contributed by atoms with E-state index in [-0.39, 0.29) is 12.4 Å². The first-order valence-electron chi connectivity index (χ1n) is 10.3. The van der Waals surface area contributed by atoms with Gasteiger partial charge in [-0.15, -0.1) is 0 Å². The highest BCUT2D eigenvalue weighted by molar-refractivity contribution is 5.28. The van der Waals surface area contributed by atoms with Gasteiger partial charge in [-0.2, -0.15) is 0 Å². The lowest BCUT2D eigenvalue weighted by Gasteiger charge is -2.37. The summed E-state index contributed by atoms with van der Waals surface area (Å²) in [6.45, 7) is 4.65. The quantitative estimate of drug-likeness (QED) is 0.601. The van der Waals surface area contributed by atoms with Crippen LogP contribution in [0.2, 0.25) is 0 Å². The van der Waals surface area contributed by atoms with Crippen molar-refractivity contribution in [1.82, 2.24) is 0 Å². The minimum atomic E-state index is -0.0845. The Balaban J connectivity index is 1.37. The van der Waals surface area contributed by atoms with Gasteiger partial charge in [-0.3, -0.25) is 0 Å².